The smallest absolute Gasteiger partial charge is 0.251 e. The number of anilines is 1. The average Bonchev–Trinajstić information content (AvgIpc) is 3.37. The standard InChI is InChI=1S/C21H22FN3O3/c1-28-18-10-13(5-7-17(18)22)19(21(27)25-8-2-3-9-25)24-15-6-4-14-12-23-20(26)16(14)11-15/h4-7,10-11,19,24H,2-3,8-9,12H2,1H3,(H,23,26). The number of likely N-dealkylation sites (tertiary alicyclic amines) is 1. The molecule has 1 fully saturated rings. The van der Waals surface area contributed by atoms with Gasteiger partial charge in [0.1, 0.15) is 6.04 Å². The van der Waals surface area contributed by atoms with Crippen molar-refractivity contribution in [3.63, 3.8) is 0 Å². The summed E-state index contributed by atoms with van der Waals surface area (Å²) in [4.78, 5) is 27.0. The van der Waals surface area contributed by atoms with Gasteiger partial charge in [-0.15, -0.1) is 0 Å². The number of halogens is 1. The van der Waals surface area contributed by atoms with Crippen LogP contribution >= 0.6 is 0 Å². The molecule has 28 heavy (non-hydrogen) atoms. The van der Waals surface area contributed by atoms with Crippen molar-refractivity contribution in [2.24, 2.45) is 0 Å². The van der Waals surface area contributed by atoms with Crippen molar-refractivity contribution in [2.45, 2.75) is 25.4 Å². The fourth-order valence-electron chi connectivity index (χ4n) is 3.73. The van der Waals surface area contributed by atoms with Crippen molar-refractivity contribution in [1.82, 2.24) is 10.2 Å². The van der Waals surface area contributed by atoms with Crippen molar-refractivity contribution in [1.29, 1.82) is 0 Å². The zero-order valence-corrected chi connectivity index (χ0v) is 15.6. The molecule has 2 N–H and O–H groups in total. The highest BCUT2D eigenvalue weighted by Gasteiger charge is 2.29. The molecule has 6 nitrogen and oxygen atoms in total. The van der Waals surface area contributed by atoms with E-state index in [1.54, 1.807) is 18.2 Å². The summed E-state index contributed by atoms with van der Waals surface area (Å²) in [5.41, 5.74) is 2.81. The van der Waals surface area contributed by atoms with Crippen LogP contribution in [0.25, 0.3) is 0 Å². The number of fused-ring (bicyclic) bond motifs is 1. The predicted octanol–water partition coefficient (Wildman–Crippen LogP) is 2.85. The first-order valence-corrected chi connectivity index (χ1v) is 9.36. The molecule has 1 atom stereocenters. The lowest BCUT2D eigenvalue weighted by Gasteiger charge is -2.25. The molecule has 2 aliphatic heterocycles. The fraction of sp³-hybridized carbons (Fsp3) is 0.333. The minimum absolute atomic E-state index is 0.0730. The van der Waals surface area contributed by atoms with E-state index in [-0.39, 0.29) is 17.6 Å². The zero-order chi connectivity index (χ0) is 19.7. The molecule has 2 aliphatic rings. The van der Waals surface area contributed by atoms with Crippen LogP contribution in [0, 0.1) is 5.82 Å². The Labute approximate surface area is 162 Å². The Balaban J connectivity index is 1.68. The van der Waals surface area contributed by atoms with Gasteiger partial charge in [0.25, 0.3) is 5.91 Å². The van der Waals surface area contributed by atoms with Crippen LogP contribution < -0.4 is 15.4 Å². The Kier molecular flexibility index (Phi) is 4.90. The van der Waals surface area contributed by atoms with Gasteiger partial charge in [0.2, 0.25) is 5.91 Å². The maximum atomic E-state index is 13.9. The van der Waals surface area contributed by atoms with Gasteiger partial charge in [0.05, 0.1) is 7.11 Å². The average molecular weight is 383 g/mol. The molecule has 0 aliphatic carbocycles. The molecule has 0 bridgehead atoms. The Morgan fingerprint density at radius 2 is 2.00 bits per heavy atom. The van der Waals surface area contributed by atoms with Crippen molar-refractivity contribution >= 4 is 17.5 Å². The van der Waals surface area contributed by atoms with Crippen molar-refractivity contribution in [3.8, 4) is 5.75 Å². The first-order chi connectivity index (χ1) is 13.6. The lowest BCUT2D eigenvalue weighted by atomic mass is 10.0. The Bertz CT molecular complexity index is 925. The summed E-state index contributed by atoms with van der Waals surface area (Å²) in [5.74, 6) is -0.583. The first-order valence-electron chi connectivity index (χ1n) is 9.36. The van der Waals surface area contributed by atoms with Crippen LogP contribution in [-0.4, -0.2) is 36.9 Å². The predicted molar refractivity (Wildman–Crippen MR) is 103 cm³/mol. The summed E-state index contributed by atoms with van der Waals surface area (Å²) in [6, 6.07) is 9.21. The van der Waals surface area contributed by atoms with Gasteiger partial charge in [0, 0.05) is 30.9 Å². The summed E-state index contributed by atoms with van der Waals surface area (Å²) in [5, 5.41) is 6.03. The van der Waals surface area contributed by atoms with Gasteiger partial charge in [-0.2, -0.15) is 0 Å². The molecular weight excluding hydrogens is 361 g/mol. The molecule has 2 heterocycles. The summed E-state index contributed by atoms with van der Waals surface area (Å²) >= 11 is 0. The molecule has 4 rings (SSSR count). The molecule has 1 unspecified atom stereocenters. The number of methoxy groups -OCH3 is 1. The second-order valence-electron chi connectivity index (χ2n) is 7.06. The van der Waals surface area contributed by atoms with E-state index in [0.717, 1.165) is 18.4 Å². The normalized spacial score (nSPS) is 16.5. The number of benzene rings is 2. The highest BCUT2D eigenvalue weighted by Crippen LogP contribution is 2.29. The second-order valence-corrected chi connectivity index (χ2v) is 7.06. The van der Waals surface area contributed by atoms with Crippen LogP contribution in [0.4, 0.5) is 10.1 Å². The SMILES string of the molecule is COc1cc(C(Nc2ccc3c(c2)C(=O)NC3)C(=O)N2CCCC2)ccc1F. The molecule has 146 valence electrons. The van der Waals surface area contributed by atoms with Gasteiger partial charge in [-0.25, -0.2) is 4.39 Å². The van der Waals surface area contributed by atoms with Gasteiger partial charge in [-0.1, -0.05) is 12.1 Å². The van der Waals surface area contributed by atoms with Gasteiger partial charge in [-0.3, -0.25) is 9.59 Å². The van der Waals surface area contributed by atoms with E-state index < -0.39 is 11.9 Å². The van der Waals surface area contributed by atoms with Gasteiger partial charge >= 0.3 is 0 Å². The first kappa shape index (κ1) is 18.3. The lowest BCUT2D eigenvalue weighted by molar-refractivity contribution is -0.131. The molecule has 2 aromatic rings. The van der Waals surface area contributed by atoms with E-state index in [4.69, 9.17) is 4.74 Å². The van der Waals surface area contributed by atoms with Crippen LogP contribution in [0.1, 0.15) is 40.4 Å². The minimum Gasteiger partial charge on any atom is -0.494 e. The number of rotatable bonds is 5. The molecule has 2 aromatic carbocycles. The summed E-state index contributed by atoms with van der Waals surface area (Å²) in [6.45, 7) is 1.93. The largest absolute Gasteiger partial charge is 0.494 e. The van der Waals surface area contributed by atoms with Crippen LogP contribution in [0.2, 0.25) is 0 Å². The number of carbonyl (C=O) groups is 2. The van der Waals surface area contributed by atoms with Gasteiger partial charge in [-0.05, 0) is 48.2 Å². The Hall–Kier alpha value is -3.09. The Morgan fingerprint density at radius 3 is 2.75 bits per heavy atom. The van der Waals surface area contributed by atoms with Gasteiger partial charge < -0.3 is 20.3 Å². The molecular formula is C21H22FN3O3. The van der Waals surface area contributed by atoms with Crippen molar-refractivity contribution < 1.29 is 18.7 Å². The topological polar surface area (TPSA) is 70.7 Å². The van der Waals surface area contributed by atoms with E-state index in [1.165, 1.54) is 13.2 Å². The number of amides is 2. The van der Waals surface area contributed by atoms with E-state index in [0.29, 0.717) is 36.4 Å². The summed E-state index contributed by atoms with van der Waals surface area (Å²) in [6.07, 6.45) is 1.95. The number of nitrogens with zero attached hydrogens (tertiary/aromatic N) is 1. The Morgan fingerprint density at radius 1 is 1.21 bits per heavy atom. The molecule has 7 heteroatoms. The third-order valence-electron chi connectivity index (χ3n) is 5.28. The van der Waals surface area contributed by atoms with Crippen LogP contribution in [0.3, 0.4) is 0 Å². The number of carbonyl (C=O) groups excluding carboxylic acids is 2. The van der Waals surface area contributed by atoms with Gasteiger partial charge in [0.15, 0.2) is 11.6 Å². The highest BCUT2D eigenvalue weighted by molar-refractivity contribution is 5.99. The van der Waals surface area contributed by atoms with Crippen molar-refractivity contribution in [2.75, 3.05) is 25.5 Å². The number of nitrogens with one attached hydrogen (secondary N) is 2. The quantitative estimate of drug-likeness (QED) is 0.833. The molecule has 2 amide bonds. The van der Waals surface area contributed by atoms with Crippen LogP contribution in [0.5, 0.6) is 5.75 Å². The second kappa shape index (κ2) is 7.50. The van der Waals surface area contributed by atoms with Crippen LogP contribution in [-0.2, 0) is 11.3 Å². The lowest BCUT2D eigenvalue weighted by Crippen LogP contribution is -2.36. The highest BCUT2D eigenvalue weighted by atomic mass is 19.1. The molecule has 0 radical (unpaired) electrons. The number of hydrogen-bond acceptors (Lipinski definition) is 4. The third-order valence-corrected chi connectivity index (χ3v) is 5.28. The molecule has 1 saturated heterocycles. The van der Waals surface area contributed by atoms with Crippen molar-refractivity contribution in [3.05, 3.63) is 58.9 Å². The van der Waals surface area contributed by atoms with E-state index in [1.807, 2.05) is 17.0 Å². The van der Waals surface area contributed by atoms with E-state index >= 15 is 0 Å². The maximum Gasteiger partial charge on any atom is 0.251 e. The van der Waals surface area contributed by atoms with Crippen LogP contribution in [0.15, 0.2) is 36.4 Å². The molecule has 0 aromatic heterocycles. The van der Waals surface area contributed by atoms with E-state index in [2.05, 4.69) is 10.6 Å². The summed E-state index contributed by atoms with van der Waals surface area (Å²) < 4.78 is 19.0. The fourth-order valence-corrected chi connectivity index (χ4v) is 3.73. The summed E-state index contributed by atoms with van der Waals surface area (Å²) in [7, 11) is 1.39. The zero-order valence-electron chi connectivity index (χ0n) is 15.6. The number of hydrogen-bond donors (Lipinski definition) is 2. The van der Waals surface area contributed by atoms with E-state index in [9.17, 15) is 14.0 Å². The third kappa shape index (κ3) is 3.40. The monoisotopic (exact) mass is 383 g/mol. The molecule has 0 saturated carbocycles. The minimum atomic E-state index is -0.699. The molecule has 0 spiro atoms. The number of ether oxygens (including phenoxy) is 1. The maximum absolute atomic E-state index is 13.9.